The highest BCUT2D eigenvalue weighted by molar-refractivity contribution is 5.75. The molecule has 0 fully saturated rings. The average molecular weight is 160 g/mol. The van der Waals surface area contributed by atoms with E-state index in [9.17, 15) is 4.79 Å². The van der Waals surface area contributed by atoms with Crippen LogP contribution < -0.4 is 0 Å². The van der Waals surface area contributed by atoms with Crippen molar-refractivity contribution in [2.45, 2.75) is 19.8 Å². The summed E-state index contributed by atoms with van der Waals surface area (Å²) in [6.45, 7) is 1.66. The van der Waals surface area contributed by atoms with Crippen LogP contribution in [0.25, 0.3) is 0 Å². The lowest BCUT2D eigenvalue weighted by atomic mass is 9.96. The Bertz CT molecular complexity index is 283. The van der Waals surface area contributed by atoms with E-state index in [1.165, 1.54) is 11.1 Å². The summed E-state index contributed by atoms with van der Waals surface area (Å²) in [4.78, 5) is 10.8. The number of ketones is 1. The molecule has 0 heterocycles. The third kappa shape index (κ3) is 1.15. The number of carbonyl (C=O) groups is 1. The molecule has 0 aromatic heterocycles. The van der Waals surface area contributed by atoms with Crippen molar-refractivity contribution < 1.29 is 4.79 Å². The fraction of sp³-hybridized carbons (Fsp3) is 0.364. The molecule has 0 amide bonds. The van der Waals surface area contributed by atoms with Crippen LogP contribution in [-0.2, 0) is 4.79 Å². The van der Waals surface area contributed by atoms with Gasteiger partial charge in [-0.25, -0.2) is 0 Å². The van der Waals surface area contributed by atoms with Gasteiger partial charge in [0.2, 0.25) is 0 Å². The fourth-order valence-electron chi connectivity index (χ4n) is 1.83. The summed E-state index contributed by atoms with van der Waals surface area (Å²) in [6, 6.07) is 0. The Morgan fingerprint density at radius 1 is 1.33 bits per heavy atom. The zero-order chi connectivity index (χ0) is 8.55. The Morgan fingerprint density at radius 3 is 2.33 bits per heavy atom. The van der Waals surface area contributed by atoms with Crippen molar-refractivity contribution >= 4 is 5.78 Å². The molecule has 2 aliphatic carbocycles. The van der Waals surface area contributed by atoms with Crippen molar-refractivity contribution in [3.05, 3.63) is 35.5 Å². The van der Waals surface area contributed by atoms with Crippen molar-refractivity contribution in [3.8, 4) is 0 Å². The normalized spacial score (nSPS) is 19.8. The predicted octanol–water partition coefficient (Wildman–Crippen LogP) is 2.41. The smallest absolute Gasteiger partial charge is 0.129 e. The summed E-state index contributed by atoms with van der Waals surface area (Å²) in [5.41, 5.74) is 2.76. The van der Waals surface area contributed by atoms with E-state index in [1.54, 1.807) is 6.92 Å². The molecule has 2 bridgehead atoms. The molecule has 0 unspecified atom stereocenters. The zero-order valence-corrected chi connectivity index (χ0v) is 7.21. The molecular formula is C11H12O. The maximum atomic E-state index is 10.8. The number of carbonyl (C=O) groups excluding carboxylic acids is 1. The molecule has 0 atom stereocenters. The molecular weight excluding hydrogens is 148 g/mol. The van der Waals surface area contributed by atoms with Gasteiger partial charge in [-0.15, -0.1) is 0 Å². The van der Waals surface area contributed by atoms with Gasteiger partial charge in [0.05, 0.1) is 0 Å². The highest BCUT2D eigenvalue weighted by Gasteiger charge is 2.24. The van der Waals surface area contributed by atoms with Gasteiger partial charge in [-0.2, -0.15) is 0 Å². The minimum Gasteiger partial charge on any atom is -0.300 e. The molecule has 0 aliphatic heterocycles. The molecule has 0 N–H and O–H groups in total. The van der Waals surface area contributed by atoms with Crippen molar-refractivity contribution in [2.24, 2.45) is 5.92 Å². The Kier molecular flexibility index (Phi) is 1.72. The molecule has 0 saturated heterocycles. The second-order valence-electron chi connectivity index (χ2n) is 3.46. The van der Waals surface area contributed by atoms with E-state index in [0.29, 0.717) is 18.1 Å². The third-order valence-electron chi connectivity index (χ3n) is 2.53. The van der Waals surface area contributed by atoms with Gasteiger partial charge in [0.1, 0.15) is 5.78 Å². The number of allylic oxidation sites excluding steroid dienone is 6. The van der Waals surface area contributed by atoms with E-state index >= 15 is 0 Å². The zero-order valence-electron chi connectivity index (χ0n) is 7.21. The predicted molar refractivity (Wildman–Crippen MR) is 48.7 cm³/mol. The molecule has 2 aliphatic rings. The first kappa shape index (κ1) is 7.53. The Hall–Kier alpha value is -1.11. The average Bonchev–Trinajstić information content (AvgIpc) is 2.59. The first-order valence-corrected chi connectivity index (χ1v) is 4.36. The van der Waals surface area contributed by atoms with Gasteiger partial charge in [-0.05, 0) is 24.5 Å². The van der Waals surface area contributed by atoms with Crippen molar-refractivity contribution in [1.82, 2.24) is 0 Å². The standard InChI is InChI=1S/C11H12O/c1-8(12)2-7-11-9-3-4-10(11)6-5-9/h3-6,11H,2,7H2,1H3. The van der Waals surface area contributed by atoms with Crippen LogP contribution in [0.5, 0.6) is 0 Å². The molecule has 0 aromatic rings. The number of rotatable bonds is 3. The van der Waals surface area contributed by atoms with Gasteiger partial charge >= 0.3 is 0 Å². The van der Waals surface area contributed by atoms with E-state index in [-0.39, 0.29) is 0 Å². The second-order valence-corrected chi connectivity index (χ2v) is 3.46. The van der Waals surface area contributed by atoms with Gasteiger partial charge in [-0.1, -0.05) is 24.3 Å². The summed E-state index contributed by atoms with van der Waals surface area (Å²) >= 11 is 0. The Labute approximate surface area is 72.5 Å². The van der Waals surface area contributed by atoms with Crippen LogP contribution in [0.15, 0.2) is 35.5 Å². The summed E-state index contributed by atoms with van der Waals surface area (Å²) in [6.07, 6.45) is 10.3. The number of Topliss-reactive ketones (excluding diaryl/α,β-unsaturated/α-hetero) is 1. The van der Waals surface area contributed by atoms with Crippen LogP contribution in [0.2, 0.25) is 0 Å². The quantitative estimate of drug-likeness (QED) is 0.619. The lowest BCUT2D eigenvalue weighted by molar-refractivity contribution is -0.117. The van der Waals surface area contributed by atoms with Gasteiger partial charge < -0.3 is 4.79 Å². The van der Waals surface area contributed by atoms with Crippen molar-refractivity contribution in [3.63, 3.8) is 0 Å². The lowest BCUT2D eigenvalue weighted by Crippen LogP contribution is -2.00. The summed E-state index contributed by atoms with van der Waals surface area (Å²) in [7, 11) is 0. The minimum absolute atomic E-state index is 0.294. The van der Waals surface area contributed by atoms with Crippen LogP contribution in [0.4, 0.5) is 0 Å². The molecule has 62 valence electrons. The fourth-order valence-corrected chi connectivity index (χ4v) is 1.83. The highest BCUT2D eigenvalue weighted by atomic mass is 16.1. The Morgan fingerprint density at radius 2 is 1.92 bits per heavy atom. The van der Waals surface area contributed by atoms with Gasteiger partial charge in [0.15, 0.2) is 0 Å². The van der Waals surface area contributed by atoms with Crippen LogP contribution in [-0.4, -0.2) is 5.78 Å². The van der Waals surface area contributed by atoms with E-state index < -0.39 is 0 Å². The number of hydrogen-bond acceptors (Lipinski definition) is 1. The molecule has 1 nitrogen and oxygen atoms in total. The first-order chi connectivity index (χ1) is 5.77. The highest BCUT2D eigenvalue weighted by Crippen LogP contribution is 2.37. The minimum atomic E-state index is 0.294. The number of hydrogen-bond donors (Lipinski definition) is 0. The van der Waals surface area contributed by atoms with Gasteiger partial charge in [-0.3, -0.25) is 0 Å². The van der Waals surface area contributed by atoms with E-state index in [1.807, 2.05) is 0 Å². The van der Waals surface area contributed by atoms with Crippen LogP contribution in [0, 0.1) is 5.92 Å². The van der Waals surface area contributed by atoms with Crippen LogP contribution in [0.1, 0.15) is 19.8 Å². The summed E-state index contributed by atoms with van der Waals surface area (Å²) in [5, 5.41) is 0. The summed E-state index contributed by atoms with van der Waals surface area (Å²) < 4.78 is 0. The SMILES string of the molecule is CC(=O)CCC1C2=CC=C1C=C2. The first-order valence-electron chi connectivity index (χ1n) is 4.36. The second kappa shape index (κ2) is 2.74. The van der Waals surface area contributed by atoms with E-state index in [2.05, 4.69) is 24.3 Å². The topological polar surface area (TPSA) is 17.1 Å². The molecule has 0 radical (unpaired) electrons. The molecule has 2 rings (SSSR count). The van der Waals surface area contributed by atoms with Gasteiger partial charge in [0.25, 0.3) is 0 Å². The van der Waals surface area contributed by atoms with E-state index in [0.717, 1.165) is 6.42 Å². The van der Waals surface area contributed by atoms with Crippen LogP contribution >= 0.6 is 0 Å². The largest absolute Gasteiger partial charge is 0.300 e. The molecule has 12 heavy (non-hydrogen) atoms. The molecule has 1 heteroatoms. The lowest BCUT2D eigenvalue weighted by Gasteiger charge is -2.08. The van der Waals surface area contributed by atoms with Crippen molar-refractivity contribution in [2.75, 3.05) is 0 Å². The van der Waals surface area contributed by atoms with E-state index in [4.69, 9.17) is 0 Å². The molecule has 0 spiro atoms. The molecule has 0 saturated carbocycles. The van der Waals surface area contributed by atoms with Gasteiger partial charge in [0, 0.05) is 12.3 Å². The third-order valence-corrected chi connectivity index (χ3v) is 2.53. The maximum Gasteiger partial charge on any atom is 0.129 e. The summed E-state index contributed by atoms with van der Waals surface area (Å²) in [5.74, 6) is 0.830. The Balaban J connectivity index is 1.97. The molecule has 0 aromatic carbocycles. The maximum absolute atomic E-state index is 10.8. The monoisotopic (exact) mass is 160 g/mol. The number of fused-ring (bicyclic) bond motifs is 2. The van der Waals surface area contributed by atoms with Crippen LogP contribution in [0.3, 0.4) is 0 Å². The van der Waals surface area contributed by atoms with Crippen molar-refractivity contribution in [1.29, 1.82) is 0 Å².